The van der Waals surface area contributed by atoms with Gasteiger partial charge in [0, 0.05) is 5.56 Å². The van der Waals surface area contributed by atoms with E-state index in [1.54, 1.807) is 25.1 Å². The first kappa shape index (κ1) is 15.9. The fourth-order valence-electron chi connectivity index (χ4n) is 4.43. The van der Waals surface area contributed by atoms with Gasteiger partial charge in [0.05, 0.1) is 12.2 Å². The van der Waals surface area contributed by atoms with Crippen molar-refractivity contribution >= 4 is 0 Å². The van der Waals surface area contributed by atoms with Gasteiger partial charge in [-0.1, -0.05) is 32.0 Å². The quantitative estimate of drug-likeness (QED) is 0.926. The van der Waals surface area contributed by atoms with Crippen molar-refractivity contribution in [1.29, 1.82) is 0 Å². The van der Waals surface area contributed by atoms with E-state index in [1.807, 2.05) is 6.92 Å². The summed E-state index contributed by atoms with van der Waals surface area (Å²) in [4.78, 5) is 0. The third kappa shape index (κ3) is 2.04. The van der Waals surface area contributed by atoms with Crippen LogP contribution in [-0.4, -0.2) is 28.0 Å². The maximum atomic E-state index is 13.8. The molecule has 0 saturated carbocycles. The Labute approximate surface area is 131 Å². The van der Waals surface area contributed by atoms with Crippen LogP contribution < -0.4 is 0 Å². The van der Waals surface area contributed by atoms with E-state index in [0.29, 0.717) is 5.56 Å². The fourth-order valence-corrected chi connectivity index (χ4v) is 4.43. The molecule has 2 saturated heterocycles. The van der Waals surface area contributed by atoms with Gasteiger partial charge in [0.15, 0.2) is 0 Å². The predicted octanol–water partition coefficient (Wildman–Crippen LogP) is 3.44. The Morgan fingerprint density at radius 1 is 1.32 bits per heavy atom. The van der Waals surface area contributed by atoms with Crippen LogP contribution in [0.4, 0.5) is 4.39 Å². The van der Waals surface area contributed by atoms with Gasteiger partial charge in [-0.3, -0.25) is 0 Å². The maximum Gasteiger partial charge on any atom is 0.128 e. The normalized spacial score (nSPS) is 40.6. The van der Waals surface area contributed by atoms with Crippen LogP contribution in [0.5, 0.6) is 0 Å². The lowest BCUT2D eigenvalue weighted by Crippen LogP contribution is -2.60. The molecule has 0 amide bonds. The highest BCUT2D eigenvalue weighted by molar-refractivity contribution is 5.23. The maximum absolute atomic E-state index is 13.8. The molecule has 2 aliphatic rings. The first-order chi connectivity index (χ1) is 10.2. The molecule has 3 rings (SSSR count). The molecular weight excluding hydrogens is 283 g/mol. The molecule has 2 fully saturated rings. The van der Waals surface area contributed by atoms with Crippen molar-refractivity contribution in [3.63, 3.8) is 0 Å². The lowest BCUT2D eigenvalue weighted by atomic mass is 9.66. The lowest BCUT2D eigenvalue weighted by Gasteiger charge is -2.45. The van der Waals surface area contributed by atoms with E-state index in [0.717, 1.165) is 12.8 Å². The highest BCUT2D eigenvalue weighted by atomic mass is 19.1. The summed E-state index contributed by atoms with van der Waals surface area (Å²) in [6.07, 6.45) is 1.22. The Bertz CT molecular complexity index is 571. The minimum absolute atomic E-state index is 0.139. The number of benzene rings is 1. The topological polar surface area (TPSA) is 38.7 Å². The number of hydrogen-bond donors (Lipinski definition) is 1. The molecule has 2 aliphatic heterocycles. The summed E-state index contributed by atoms with van der Waals surface area (Å²) >= 11 is 0. The van der Waals surface area contributed by atoms with Crippen LogP contribution in [0.25, 0.3) is 0 Å². The summed E-state index contributed by atoms with van der Waals surface area (Å²) in [7, 11) is 0. The van der Waals surface area contributed by atoms with E-state index in [1.165, 1.54) is 6.07 Å². The second kappa shape index (κ2) is 5.02. The van der Waals surface area contributed by atoms with Gasteiger partial charge in [-0.25, -0.2) is 4.39 Å². The summed E-state index contributed by atoms with van der Waals surface area (Å²) in [5, 5.41) is 11.1. The molecule has 4 heteroatoms. The van der Waals surface area contributed by atoms with E-state index >= 15 is 0 Å². The number of rotatable bonds is 4. The first-order valence-corrected chi connectivity index (χ1v) is 8.00. The first-order valence-electron chi connectivity index (χ1n) is 8.00. The molecule has 2 heterocycles. The molecule has 3 nitrogen and oxygen atoms in total. The summed E-state index contributed by atoms with van der Waals surface area (Å²) in [6, 6.07) is 6.57. The molecule has 0 spiro atoms. The summed E-state index contributed by atoms with van der Waals surface area (Å²) < 4.78 is 26.0. The second-order valence-corrected chi connectivity index (χ2v) is 7.39. The number of hydrogen-bond acceptors (Lipinski definition) is 3. The predicted molar refractivity (Wildman–Crippen MR) is 81.9 cm³/mol. The smallest absolute Gasteiger partial charge is 0.128 e. The Balaban J connectivity index is 1.84. The number of halogens is 1. The summed E-state index contributed by atoms with van der Waals surface area (Å²) in [5.41, 5.74) is -1.68. The monoisotopic (exact) mass is 308 g/mol. The Morgan fingerprint density at radius 3 is 2.59 bits per heavy atom. The second-order valence-electron chi connectivity index (χ2n) is 7.39. The van der Waals surface area contributed by atoms with E-state index < -0.39 is 22.9 Å². The molecule has 0 aliphatic carbocycles. The van der Waals surface area contributed by atoms with Crippen LogP contribution in [0.1, 0.15) is 46.1 Å². The molecule has 122 valence electrons. The van der Waals surface area contributed by atoms with Gasteiger partial charge >= 0.3 is 0 Å². The highest BCUT2D eigenvalue weighted by Crippen LogP contribution is 2.60. The van der Waals surface area contributed by atoms with Crippen LogP contribution in [0.15, 0.2) is 24.3 Å². The average Bonchev–Trinajstić information content (AvgIpc) is 2.88. The standard InChI is InChI=1S/C18H25FO3/c1-12(2)18-10-9-16(3,22-18)15(17(18,4)20)21-11-13-7-5-6-8-14(13)19/h5-8,12,15,20H,9-11H2,1-4H3/t15-,16-,17?,18-/m0/s1. The van der Waals surface area contributed by atoms with Crippen molar-refractivity contribution in [3.8, 4) is 0 Å². The van der Waals surface area contributed by atoms with Crippen molar-refractivity contribution < 1.29 is 19.0 Å². The molecule has 4 atom stereocenters. The Morgan fingerprint density at radius 2 is 2.00 bits per heavy atom. The van der Waals surface area contributed by atoms with Crippen molar-refractivity contribution in [3.05, 3.63) is 35.6 Å². The molecule has 0 aromatic heterocycles. The van der Waals surface area contributed by atoms with Gasteiger partial charge in [-0.05, 0) is 38.7 Å². The largest absolute Gasteiger partial charge is 0.384 e. The van der Waals surface area contributed by atoms with E-state index in [2.05, 4.69) is 13.8 Å². The van der Waals surface area contributed by atoms with Gasteiger partial charge in [0.2, 0.25) is 0 Å². The summed E-state index contributed by atoms with van der Waals surface area (Å²) in [6.45, 7) is 8.06. The number of ether oxygens (including phenoxy) is 2. The highest BCUT2D eigenvalue weighted by Gasteiger charge is 2.72. The van der Waals surface area contributed by atoms with Crippen molar-refractivity contribution in [2.24, 2.45) is 5.92 Å². The molecule has 1 unspecified atom stereocenters. The third-order valence-electron chi connectivity index (χ3n) is 5.63. The zero-order chi connectivity index (χ0) is 16.2. The van der Waals surface area contributed by atoms with Crippen LogP contribution in [0, 0.1) is 11.7 Å². The fraction of sp³-hybridized carbons (Fsp3) is 0.667. The van der Waals surface area contributed by atoms with Crippen LogP contribution in [-0.2, 0) is 16.1 Å². The van der Waals surface area contributed by atoms with Crippen LogP contribution in [0.3, 0.4) is 0 Å². The van der Waals surface area contributed by atoms with Crippen molar-refractivity contribution in [1.82, 2.24) is 0 Å². The van der Waals surface area contributed by atoms with Gasteiger partial charge in [-0.15, -0.1) is 0 Å². The average molecular weight is 308 g/mol. The Kier molecular flexibility index (Phi) is 3.63. The molecule has 1 N–H and O–H groups in total. The summed E-state index contributed by atoms with van der Waals surface area (Å²) in [5.74, 6) is -0.0960. The van der Waals surface area contributed by atoms with Crippen LogP contribution >= 0.6 is 0 Å². The molecule has 1 aromatic carbocycles. The molecular formula is C18H25FO3. The van der Waals surface area contributed by atoms with Gasteiger partial charge in [0.25, 0.3) is 0 Å². The van der Waals surface area contributed by atoms with E-state index in [9.17, 15) is 9.50 Å². The van der Waals surface area contributed by atoms with Gasteiger partial charge in [0.1, 0.15) is 23.1 Å². The number of aliphatic hydroxyl groups is 1. The molecule has 22 heavy (non-hydrogen) atoms. The minimum Gasteiger partial charge on any atom is -0.384 e. The lowest BCUT2D eigenvalue weighted by molar-refractivity contribution is -0.160. The van der Waals surface area contributed by atoms with Gasteiger partial charge < -0.3 is 14.6 Å². The molecule has 1 aromatic rings. The van der Waals surface area contributed by atoms with Crippen LogP contribution in [0.2, 0.25) is 0 Å². The number of fused-ring (bicyclic) bond motifs is 2. The molecule has 0 radical (unpaired) electrons. The van der Waals surface area contributed by atoms with Gasteiger partial charge in [-0.2, -0.15) is 0 Å². The third-order valence-corrected chi connectivity index (χ3v) is 5.63. The van der Waals surface area contributed by atoms with Crippen molar-refractivity contribution in [2.75, 3.05) is 0 Å². The zero-order valence-corrected chi connectivity index (χ0v) is 13.7. The van der Waals surface area contributed by atoms with E-state index in [4.69, 9.17) is 9.47 Å². The Hall–Kier alpha value is -0.970. The SMILES string of the molecule is CC(C)[C@]12CC[C@](C)(O1)[C@H](OCc1ccccc1F)C2(C)O. The molecule has 2 bridgehead atoms. The van der Waals surface area contributed by atoms with E-state index in [-0.39, 0.29) is 18.3 Å². The van der Waals surface area contributed by atoms with Crippen molar-refractivity contribution in [2.45, 2.75) is 70.1 Å². The zero-order valence-electron chi connectivity index (χ0n) is 13.7. The minimum atomic E-state index is -1.08.